The van der Waals surface area contributed by atoms with Crippen molar-refractivity contribution in [3.05, 3.63) is 107 Å². The summed E-state index contributed by atoms with van der Waals surface area (Å²) in [7, 11) is -3.71. The molecule has 3 aromatic carbocycles. The molecule has 46 heavy (non-hydrogen) atoms. The van der Waals surface area contributed by atoms with Crippen LogP contribution in [0, 0.1) is 17.7 Å². The number of rotatable bonds is 12. The predicted octanol–water partition coefficient (Wildman–Crippen LogP) is 6.80. The van der Waals surface area contributed by atoms with E-state index in [1.54, 1.807) is 52.8 Å². The van der Waals surface area contributed by atoms with E-state index in [1.165, 1.54) is 6.07 Å². The van der Waals surface area contributed by atoms with Crippen LogP contribution in [0.4, 0.5) is 10.1 Å². The predicted molar refractivity (Wildman–Crippen MR) is 181 cm³/mol. The molecule has 10 heteroatoms. The van der Waals surface area contributed by atoms with Crippen LogP contribution < -0.4 is 10.6 Å². The molecule has 7 nitrogen and oxygen atoms in total. The normalized spacial score (nSPS) is 20.9. The number of carbonyl (C=O) groups excluding carboxylic acids is 1. The number of amides is 1. The Morgan fingerprint density at radius 1 is 1.09 bits per heavy atom. The van der Waals surface area contributed by atoms with E-state index >= 15 is 4.39 Å². The second-order valence-electron chi connectivity index (χ2n) is 12.2. The van der Waals surface area contributed by atoms with Crippen molar-refractivity contribution in [3.8, 4) is 0 Å². The summed E-state index contributed by atoms with van der Waals surface area (Å²) in [6.07, 6.45) is 4.73. The van der Waals surface area contributed by atoms with Gasteiger partial charge in [0.2, 0.25) is 15.9 Å². The number of carbonyl (C=O) groups is 1. The number of nitrogens with one attached hydrogen (secondary N) is 2. The Kier molecular flexibility index (Phi) is 11.7. The maximum atomic E-state index is 15.3. The van der Waals surface area contributed by atoms with Crippen molar-refractivity contribution >= 4 is 33.2 Å². The molecule has 4 atom stereocenters. The third-order valence-electron chi connectivity index (χ3n) is 9.25. The van der Waals surface area contributed by atoms with Gasteiger partial charge in [0.15, 0.2) is 0 Å². The zero-order chi connectivity index (χ0) is 32.7. The third kappa shape index (κ3) is 7.89. The lowest BCUT2D eigenvalue weighted by Crippen LogP contribution is -2.58. The zero-order valence-corrected chi connectivity index (χ0v) is 27.8. The number of hydrogen-bond donors (Lipinski definition) is 2. The molecule has 0 bridgehead atoms. The Labute approximate surface area is 277 Å². The number of ether oxygens (including phenoxy) is 1. The fourth-order valence-electron chi connectivity index (χ4n) is 6.99. The number of anilines is 1. The molecule has 0 saturated carbocycles. The van der Waals surface area contributed by atoms with E-state index in [-0.39, 0.29) is 34.7 Å². The molecule has 0 aromatic heterocycles. The van der Waals surface area contributed by atoms with Gasteiger partial charge in [0, 0.05) is 60.6 Å². The summed E-state index contributed by atoms with van der Waals surface area (Å²) in [4.78, 5) is 14.2. The summed E-state index contributed by atoms with van der Waals surface area (Å²) in [6.45, 7) is 8.26. The highest BCUT2D eigenvalue weighted by Gasteiger charge is 2.38. The van der Waals surface area contributed by atoms with E-state index in [9.17, 15) is 13.2 Å². The topological polar surface area (TPSA) is 87.7 Å². The van der Waals surface area contributed by atoms with Crippen LogP contribution >= 0.6 is 11.6 Å². The number of nitrogens with zero attached hydrogens (tertiary/aromatic N) is 1. The number of benzene rings is 3. The van der Waals surface area contributed by atoms with Gasteiger partial charge in [-0.25, -0.2) is 12.8 Å². The highest BCUT2D eigenvalue weighted by Crippen LogP contribution is 2.40. The smallest absolute Gasteiger partial charge is 0.243 e. The first-order valence-corrected chi connectivity index (χ1v) is 17.9. The molecule has 5 rings (SSSR count). The molecule has 3 aromatic rings. The minimum Gasteiger partial charge on any atom is -0.381 e. The van der Waals surface area contributed by atoms with Gasteiger partial charge in [-0.05, 0) is 86.9 Å². The van der Waals surface area contributed by atoms with Gasteiger partial charge in [0.05, 0.1) is 10.8 Å². The summed E-state index contributed by atoms with van der Waals surface area (Å²) >= 11 is 6.18. The summed E-state index contributed by atoms with van der Waals surface area (Å²) in [5, 5.41) is 7.00. The van der Waals surface area contributed by atoms with Crippen LogP contribution in [0.1, 0.15) is 49.7 Å². The van der Waals surface area contributed by atoms with E-state index < -0.39 is 21.8 Å². The van der Waals surface area contributed by atoms with Gasteiger partial charge in [0.25, 0.3) is 0 Å². The lowest BCUT2D eigenvalue weighted by atomic mass is 9.73. The fraction of sp³-hybridized carbons (Fsp3) is 0.417. The second kappa shape index (κ2) is 15.7. The van der Waals surface area contributed by atoms with Gasteiger partial charge >= 0.3 is 0 Å². The van der Waals surface area contributed by atoms with E-state index in [0.717, 1.165) is 18.4 Å². The summed E-state index contributed by atoms with van der Waals surface area (Å²) in [6, 6.07) is 20.3. The molecule has 2 aliphatic rings. The highest BCUT2D eigenvalue weighted by atomic mass is 35.5. The minimum absolute atomic E-state index is 0.144. The standard InChI is InChI=1S/C36H43ClFN3O4S/c1-3-31(35(27-19-21-45-22-20-27)26-15-17-28(37)18-16-26)36(42)40-34-14-8-13-33(38)32(34)12-7-9-29-24-39-23-25(2)41(29)46(43,44)30-10-5-4-6-11-30/h3-6,8,10-11,13-18,25,27,29,31,35,39H,1,7,9,12,19-24H2,2H3,(H,40,42). The Hall–Kier alpha value is -3.08. The van der Waals surface area contributed by atoms with Crippen molar-refractivity contribution < 1.29 is 22.3 Å². The Bertz CT molecular complexity index is 1580. The molecule has 246 valence electrons. The van der Waals surface area contributed by atoms with Crippen LogP contribution in [-0.4, -0.2) is 57.0 Å². The lowest BCUT2D eigenvalue weighted by molar-refractivity contribution is -0.119. The van der Waals surface area contributed by atoms with E-state index in [0.29, 0.717) is 61.8 Å². The Morgan fingerprint density at radius 2 is 1.80 bits per heavy atom. The molecule has 4 unspecified atom stereocenters. The maximum Gasteiger partial charge on any atom is 0.243 e. The van der Waals surface area contributed by atoms with Gasteiger partial charge in [-0.1, -0.05) is 54.1 Å². The summed E-state index contributed by atoms with van der Waals surface area (Å²) in [5.41, 5.74) is 1.82. The fourth-order valence-corrected chi connectivity index (χ4v) is 8.98. The molecule has 2 saturated heterocycles. The molecule has 2 fully saturated rings. The van der Waals surface area contributed by atoms with Crippen molar-refractivity contribution in [2.24, 2.45) is 11.8 Å². The first-order valence-electron chi connectivity index (χ1n) is 16.0. The van der Waals surface area contributed by atoms with Gasteiger partial charge in [-0.2, -0.15) is 4.31 Å². The quantitative estimate of drug-likeness (QED) is 0.208. The molecule has 2 heterocycles. The Balaban J connectivity index is 1.32. The molecule has 2 aliphatic heterocycles. The van der Waals surface area contributed by atoms with E-state index in [2.05, 4.69) is 17.2 Å². The molecule has 0 aliphatic carbocycles. The number of hydrogen-bond acceptors (Lipinski definition) is 5. The molecule has 0 spiro atoms. The second-order valence-corrected chi connectivity index (χ2v) is 14.5. The van der Waals surface area contributed by atoms with Crippen molar-refractivity contribution in [1.29, 1.82) is 0 Å². The maximum absolute atomic E-state index is 15.3. The number of sulfonamides is 1. The van der Waals surface area contributed by atoms with Crippen LogP contribution in [0.5, 0.6) is 0 Å². The first-order chi connectivity index (χ1) is 22.2. The average Bonchev–Trinajstić information content (AvgIpc) is 3.06. The number of halogens is 2. The summed E-state index contributed by atoms with van der Waals surface area (Å²) < 4.78 is 49.8. The van der Waals surface area contributed by atoms with Crippen molar-refractivity contribution in [2.75, 3.05) is 31.6 Å². The third-order valence-corrected chi connectivity index (χ3v) is 11.6. The Morgan fingerprint density at radius 3 is 2.50 bits per heavy atom. The molecule has 0 radical (unpaired) electrons. The van der Waals surface area contributed by atoms with Crippen molar-refractivity contribution in [1.82, 2.24) is 9.62 Å². The largest absolute Gasteiger partial charge is 0.381 e. The van der Waals surface area contributed by atoms with Gasteiger partial charge in [0.1, 0.15) is 5.82 Å². The molecular formula is C36H43ClFN3O4S. The van der Waals surface area contributed by atoms with Crippen LogP contribution in [-0.2, 0) is 26.0 Å². The van der Waals surface area contributed by atoms with Crippen LogP contribution in [0.2, 0.25) is 5.02 Å². The van der Waals surface area contributed by atoms with Crippen molar-refractivity contribution in [2.45, 2.75) is 61.9 Å². The molecule has 1 amide bonds. The first kappa shape index (κ1) is 34.3. The van der Waals surface area contributed by atoms with Crippen LogP contribution in [0.3, 0.4) is 0 Å². The molecular weight excluding hydrogens is 625 g/mol. The lowest BCUT2D eigenvalue weighted by Gasteiger charge is -2.40. The van der Waals surface area contributed by atoms with Gasteiger partial charge in [-0.15, -0.1) is 6.58 Å². The zero-order valence-electron chi connectivity index (χ0n) is 26.2. The number of piperazine rings is 1. The SMILES string of the molecule is C=CC(C(=O)Nc1cccc(F)c1CCCC1CNCC(C)N1S(=O)(=O)c1ccccc1)C(c1ccc(Cl)cc1)C1CCOCC1. The average molecular weight is 668 g/mol. The van der Waals surface area contributed by atoms with Crippen LogP contribution in [0.15, 0.2) is 90.3 Å². The van der Waals surface area contributed by atoms with E-state index in [1.807, 2.05) is 31.2 Å². The van der Waals surface area contributed by atoms with E-state index in [4.69, 9.17) is 16.3 Å². The highest BCUT2D eigenvalue weighted by molar-refractivity contribution is 7.89. The summed E-state index contributed by atoms with van der Waals surface area (Å²) in [5.74, 6) is -1.16. The van der Waals surface area contributed by atoms with Gasteiger partial charge < -0.3 is 15.4 Å². The van der Waals surface area contributed by atoms with Crippen molar-refractivity contribution in [3.63, 3.8) is 0 Å². The van der Waals surface area contributed by atoms with Crippen LogP contribution in [0.25, 0.3) is 0 Å². The molecule has 2 N–H and O–H groups in total. The van der Waals surface area contributed by atoms with Gasteiger partial charge in [-0.3, -0.25) is 4.79 Å². The minimum atomic E-state index is -3.71. The monoisotopic (exact) mass is 667 g/mol.